The Labute approximate surface area is 121 Å². The first-order chi connectivity index (χ1) is 9.37. The molecule has 0 amide bonds. The van der Waals surface area contributed by atoms with Crippen LogP contribution in [0.5, 0.6) is 0 Å². The summed E-state index contributed by atoms with van der Waals surface area (Å²) in [5.41, 5.74) is 3.43. The molecule has 4 nitrogen and oxygen atoms in total. The van der Waals surface area contributed by atoms with Crippen LogP contribution in [0.4, 0.5) is 0 Å². The lowest BCUT2D eigenvalue weighted by molar-refractivity contribution is 0.423. The fourth-order valence-corrected chi connectivity index (χ4v) is 1.92. The van der Waals surface area contributed by atoms with Crippen molar-refractivity contribution in [3.05, 3.63) is 42.0 Å². The largest absolute Gasteiger partial charge is 0.308 e. The van der Waals surface area contributed by atoms with Crippen molar-refractivity contribution < 1.29 is 0 Å². The van der Waals surface area contributed by atoms with Crippen LogP contribution in [0.25, 0.3) is 5.69 Å². The van der Waals surface area contributed by atoms with Crippen LogP contribution in [0.2, 0.25) is 0 Å². The fourth-order valence-electron chi connectivity index (χ4n) is 1.92. The molecule has 2 aromatic heterocycles. The zero-order valence-corrected chi connectivity index (χ0v) is 13.0. The lowest BCUT2D eigenvalue weighted by atomic mass is 10.1. The second kappa shape index (κ2) is 5.75. The molecule has 108 valence electrons. The number of hydrogen-bond acceptors (Lipinski definition) is 3. The molecular weight excluding hydrogens is 248 g/mol. The summed E-state index contributed by atoms with van der Waals surface area (Å²) in [4.78, 5) is 4.23. The maximum Gasteiger partial charge on any atom is 0.0721 e. The number of hydrogen-bond donors (Lipinski definition) is 1. The zero-order valence-electron chi connectivity index (χ0n) is 13.0. The molecule has 0 atom stereocenters. The molecule has 0 unspecified atom stereocenters. The molecule has 0 fully saturated rings. The van der Waals surface area contributed by atoms with Crippen molar-refractivity contribution in [2.75, 3.05) is 0 Å². The Bertz CT molecular complexity index is 564. The van der Waals surface area contributed by atoms with Gasteiger partial charge in [0.25, 0.3) is 0 Å². The number of nitrogens with zero attached hydrogens (tertiary/aromatic N) is 3. The van der Waals surface area contributed by atoms with Gasteiger partial charge < -0.3 is 5.32 Å². The number of nitrogens with one attached hydrogen (secondary N) is 1. The van der Waals surface area contributed by atoms with Gasteiger partial charge in [-0.3, -0.25) is 4.98 Å². The van der Waals surface area contributed by atoms with Gasteiger partial charge in [-0.25, -0.2) is 4.68 Å². The van der Waals surface area contributed by atoms with E-state index in [2.05, 4.69) is 56.1 Å². The van der Waals surface area contributed by atoms with E-state index in [-0.39, 0.29) is 5.54 Å². The highest BCUT2D eigenvalue weighted by Gasteiger charge is 2.12. The van der Waals surface area contributed by atoms with Gasteiger partial charge in [0.15, 0.2) is 0 Å². The first kappa shape index (κ1) is 14.7. The van der Waals surface area contributed by atoms with Crippen LogP contribution in [0.1, 0.15) is 51.8 Å². The maximum atomic E-state index is 4.65. The summed E-state index contributed by atoms with van der Waals surface area (Å²) in [6.45, 7) is 11.6. The molecule has 2 heterocycles. The summed E-state index contributed by atoms with van der Waals surface area (Å²) in [5.74, 6) is 0.439. The Kier molecular flexibility index (Phi) is 4.23. The molecule has 0 bridgehead atoms. The smallest absolute Gasteiger partial charge is 0.0721 e. The van der Waals surface area contributed by atoms with Gasteiger partial charge in [-0.1, -0.05) is 13.8 Å². The molecule has 0 aromatic carbocycles. The third kappa shape index (κ3) is 3.67. The van der Waals surface area contributed by atoms with E-state index >= 15 is 0 Å². The molecule has 0 aliphatic rings. The van der Waals surface area contributed by atoms with Crippen LogP contribution >= 0.6 is 0 Å². The van der Waals surface area contributed by atoms with Gasteiger partial charge in [-0.2, -0.15) is 5.10 Å². The lowest BCUT2D eigenvalue weighted by Gasteiger charge is -2.21. The molecular formula is C16H24N4. The van der Waals surface area contributed by atoms with Crippen LogP contribution in [0.15, 0.2) is 30.7 Å². The maximum absolute atomic E-state index is 4.65. The molecule has 0 spiro atoms. The summed E-state index contributed by atoms with van der Waals surface area (Å²) in [6.07, 6.45) is 5.74. The third-order valence-electron chi connectivity index (χ3n) is 3.14. The van der Waals surface area contributed by atoms with Crippen molar-refractivity contribution in [3.63, 3.8) is 0 Å². The van der Waals surface area contributed by atoms with Gasteiger partial charge in [-0.15, -0.1) is 0 Å². The molecule has 20 heavy (non-hydrogen) atoms. The average Bonchev–Trinajstić information content (AvgIpc) is 2.85. The van der Waals surface area contributed by atoms with E-state index in [1.807, 2.05) is 29.3 Å². The number of aromatic nitrogens is 3. The van der Waals surface area contributed by atoms with Gasteiger partial charge in [-0.05, 0) is 38.8 Å². The molecule has 0 aliphatic heterocycles. The second-order valence-corrected chi connectivity index (χ2v) is 6.45. The molecule has 0 aliphatic carbocycles. The number of pyridine rings is 1. The first-order valence-corrected chi connectivity index (χ1v) is 7.10. The Hall–Kier alpha value is -1.68. The van der Waals surface area contributed by atoms with E-state index in [1.165, 1.54) is 0 Å². The van der Waals surface area contributed by atoms with Crippen molar-refractivity contribution in [1.29, 1.82) is 0 Å². The quantitative estimate of drug-likeness (QED) is 0.928. The van der Waals surface area contributed by atoms with Crippen LogP contribution < -0.4 is 5.32 Å². The molecule has 0 radical (unpaired) electrons. The van der Waals surface area contributed by atoms with E-state index in [1.54, 1.807) is 0 Å². The van der Waals surface area contributed by atoms with E-state index in [9.17, 15) is 0 Å². The summed E-state index contributed by atoms with van der Waals surface area (Å²) >= 11 is 0. The van der Waals surface area contributed by atoms with Crippen LogP contribution in [0.3, 0.4) is 0 Å². The number of rotatable bonds is 4. The van der Waals surface area contributed by atoms with Crippen LogP contribution in [-0.2, 0) is 6.54 Å². The highest BCUT2D eigenvalue weighted by Crippen LogP contribution is 2.17. The average molecular weight is 272 g/mol. The van der Waals surface area contributed by atoms with Crippen molar-refractivity contribution in [3.8, 4) is 5.69 Å². The summed E-state index contributed by atoms with van der Waals surface area (Å²) in [6, 6.07) is 4.09. The van der Waals surface area contributed by atoms with E-state index in [4.69, 9.17) is 0 Å². The van der Waals surface area contributed by atoms with Crippen LogP contribution in [-0.4, -0.2) is 20.3 Å². The molecule has 0 saturated carbocycles. The predicted molar refractivity (Wildman–Crippen MR) is 82.0 cm³/mol. The molecule has 1 N–H and O–H groups in total. The fraction of sp³-hybridized carbons (Fsp3) is 0.500. The minimum atomic E-state index is 0.0837. The Morgan fingerprint density at radius 2 is 2.00 bits per heavy atom. The van der Waals surface area contributed by atoms with Crippen molar-refractivity contribution in [2.24, 2.45) is 0 Å². The normalized spacial score (nSPS) is 12.1. The van der Waals surface area contributed by atoms with E-state index in [0.717, 1.165) is 23.5 Å². The van der Waals surface area contributed by atoms with Gasteiger partial charge in [0, 0.05) is 36.2 Å². The SMILES string of the molecule is CC(C)c1ccn(-c2ccncc2CNC(C)(C)C)n1. The van der Waals surface area contributed by atoms with Gasteiger partial charge >= 0.3 is 0 Å². The first-order valence-electron chi connectivity index (χ1n) is 7.10. The van der Waals surface area contributed by atoms with Gasteiger partial charge in [0.05, 0.1) is 11.4 Å². The molecule has 0 saturated heterocycles. The minimum Gasteiger partial charge on any atom is -0.308 e. The highest BCUT2D eigenvalue weighted by molar-refractivity contribution is 5.38. The van der Waals surface area contributed by atoms with Crippen LogP contribution in [0, 0.1) is 0 Å². The summed E-state index contributed by atoms with van der Waals surface area (Å²) in [7, 11) is 0. The topological polar surface area (TPSA) is 42.7 Å². The standard InChI is InChI=1S/C16H24N4/c1-12(2)14-7-9-20(19-14)15-6-8-17-10-13(15)11-18-16(3,4)5/h6-10,12,18H,11H2,1-5H3. The van der Waals surface area contributed by atoms with Crippen molar-refractivity contribution >= 4 is 0 Å². The van der Waals surface area contributed by atoms with E-state index < -0.39 is 0 Å². The summed E-state index contributed by atoms with van der Waals surface area (Å²) < 4.78 is 1.94. The molecule has 2 rings (SSSR count). The van der Waals surface area contributed by atoms with Crippen molar-refractivity contribution in [1.82, 2.24) is 20.1 Å². The zero-order chi connectivity index (χ0) is 14.8. The van der Waals surface area contributed by atoms with Crippen molar-refractivity contribution in [2.45, 2.75) is 52.6 Å². The highest BCUT2D eigenvalue weighted by atomic mass is 15.3. The molecule has 2 aromatic rings. The molecule has 4 heteroatoms. The van der Waals surface area contributed by atoms with Gasteiger partial charge in [0.2, 0.25) is 0 Å². The second-order valence-electron chi connectivity index (χ2n) is 6.45. The monoisotopic (exact) mass is 272 g/mol. The predicted octanol–water partition coefficient (Wildman–Crippen LogP) is 3.28. The third-order valence-corrected chi connectivity index (χ3v) is 3.14. The lowest BCUT2D eigenvalue weighted by Crippen LogP contribution is -2.35. The minimum absolute atomic E-state index is 0.0837. The van der Waals surface area contributed by atoms with Gasteiger partial charge in [0.1, 0.15) is 0 Å². The Morgan fingerprint density at radius 3 is 2.60 bits per heavy atom. The Morgan fingerprint density at radius 1 is 1.25 bits per heavy atom. The Balaban J connectivity index is 2.27. The summed E-state index contributed by atoms with van der Waals surface area (Å²) in [5, 5.41) is 8.14. The van der Waals surface area contributed by atoms with E-state index in [0.29, 0.717) is 5.92 Å².